The Morgan fingerprint density at radius 3 is 0.732 bits per heavy atom. The molecule has 4 aromatic carbocycles. The summed E-state index contributed by atoms with van der Waals surface area (Å²) in [4.78, 5) is 18.2. The summed E-state index contributed by atoms with van der Waals surface area (Å²) in [6.45, 7) is 0. The van der Waals surface area contributed by atoms with Gasteiger partial charge >= 0.3 is 0 Å². The molecule has 7 aromatic rings. The molecular weight excluding hydrogens is 681 g/mol. The summed E-state index contributed by atoms with van der Waals surface area (Å²) in [5, 5.41) is 0. The number of nitrogens with one attached hydrogen (secondary N) is 2. The zero-order valence-electron chi connectivity index (χ0n) is 30.7. The van der Waals surface area contributed by atoms with Gasteiger partial charge in [-0.25, -0.2) is 9.97 Å². The molecule has 2 aliphatic heterocycles. The lowest BCUT2D eigenvalue weighted by molar-refractivity contribution is 1.29. The van der Waals surface area contributed by atoms with Gasteiger partial charge in [-0.15, -0.1) is 0 Å². The molecule has 0 amide bonds. The van der Waals surface area contributed by atoms with Gasteiger partial charge in [0.1, 0.15) is 0 Å². The number of aromatic amines is 2. The molecule has 9 rings (SSSR count). The van der Waals surface area contributed by atoms with Crippen LogP contribution in [-0.4, -0.2) is 19.9 Å². The van der Waals surface area contributed by atoms with E-state index in [1.165, 1.54) is 0 Å². The van der Waals surface area contributed by atoms with Gasteiger partial charge in [-0.2, -0.15) is 0 Å². The van der Waals surface area contributed by atoms with Gasteiger partial charge in [0.2, 0.25) is 0 Å². The van der Waals surface area contributed by atoms with Crippen molar-refractivity contribution in [1.82, 2.24) is 19.9 Å². The quantitative estimate of drug-likeness (QED) is 0.164. The molecule has 0 atom stereocenters. The minimum atomic E-state index is 0.873. The van der Waals surface area contributed by atoms with E-state index in [1.807, 2.05) is 24.3 Å². The van der Waals surface area contributed by atoms with Crippen LogP contribution in [0.5, 0.6) is 0 Å². The van der Waals surface area contributed by atoms with E-state index >= 15 is 0 Å². The van der Waals surface area contributed by atoms with E-state index in [0.717, 1.165) is 89.4 Å². The van der Waals surface area contributed by atoms with Gasteiger partial charge in [0.15, 0.2) is 0 Å². The first-order valence-corrected chi connectivity index (χ1v) is 18.8. The van der Waals surface area contributed by atoms with E-state index in [4.69, 9.17) is 9.97 Å². The van der Waals surface area contributed by atoms with Crippen molar-refractivity contribution in [3.63, 3.8) is 0 Å². The number of benzene rings is 4. The van der Waals surface area contributed by atoms with Crippen molar-refractivity contribution in [3.8, 4) is 0 Å². The SMILES string of the molecule is C(=Cc1c2nc(c(C=Cc3ccccc3)c3ccc([nH]3)c(C=Cc3ccccc3)c3nc(c(C=Cc4ccccc4)c4ccc1[nH]4)C=C3)C=C2)c1ccccc1. The van der Waals surface area contributed by atoms with Gasteiger partial charge in [-0.1, -0.05) is 170 Å². The van der Waals surface area contributed by atoms with Gasteiger partial charge in [-0.05, 0) is 70.8 Å². The predicted octanol–water partition coefficient (Wildman–Crippen LogP) is 13.3. The van der Waals surface area contributed by atoms with Crippen molar-refractivity contribution in [2.24, 2.45) is 0 Å². The number of H-pyrrole nitrogens is 2. The third-order valence-corrected chi connectivity index (χ3v) is 9.88. The van der Waals surface area contributed by atoms with E-state index in [9.17, 15) is 0 Å². The van der Waals surface area contributed by atoms with Crippen molar-refractivity contribution in [2.75, 3.05) is 0 Å². The van der Waals surface area contributed by atoms with Gasteiger partial charge in [-0.3, -0.25) is 0 Å². The van der Waals surface area contributed by atoms with Crippen LogP contribution in [0.1, 0.15) is 67.3 Å². The Hall–Kier alpha value is -7.56. The normalized spacial score (nSPS) is 12.6. The Bertz CT molecular complexity index is 2480. The molecule has 4 heteroatoms. The van der Waals surface area contributed by atoms with Crippen LogP contribution >= 0.6 is 0 Å². The van der Waals surface area contributed by atoms with Crippen molar-refractivity contribution >= 4 is 95.0 Å². The molecule has 2 N–H and O–H groups in total. The highest BCUT2D eigenvalue weighted by molar-refractivity contribution is 5.95. The molecule has 0 fully saturated rings. The van der Waals surface area contributed by atoms with Gasteiger partial charge in [0.25, 0.3) is 0 Å². The second-order valence-corrected chi connectivity index (χ2v) is 13.6. The zero-order valence-corrected chi connectivity index (χ0v) is 30.7. The molecule has 266 valence electrons. The zero-order chi connectivity index (χ0) is 37.5. The maximum absolute atomic E-state index is 5.33. The number of rotatable bonds is 8. The summed E-state index contributed by atoms with van der Waals surface area (Å²) >= 11 is 0. The minimum absolute atomic E-state index is 0.873. The number of hydrogen-bond donors (Lipinski definition) is 2. The highest BCUT2D eigenvalue weighted by Crippen LogP contribution is 2.30. The lowest BCUT2D eigenvalue weighted by Crippen LogP contribution is -1.88. The van der Waals surface area contributed by atoms with E-state index in [-0.39, 0.29) is 0 Å². The molecule has 0 radical (unpaired) electrons. The van der Waals surface area contributed by atoms with E-state index in [2.05, 4.69) is 204 Å². The fraction of sp³-hybridized carbons (Fsp3) is 0. The minimum Gasteiger partial charge on any atom is -0.354 e. The van der Waals surface area contributed by atoms with Crippen LogP contribution in [0.2, 0.25) is 0 Å². The van der Waals surface area contributed by atoms with Crippen LogP contribution in [0.4, 0.5) is 0 Å². The summed E-state index contributed by atoms with van der Waals surface area (Å²) in [7, 11) is 0. The van der Waals surface area contributed by atoms with Crippen LogP contribution in [0.3, 0.4) is 0 Å². The van der Waals surface area contributed by atoms with Gasteiger partial charge < -0.3 is 9.97 Å². The second-order valence-electron chi connectivity index (χ2n) is 13.6. The Kier molecular flexibility index (Phi) is 9.66. The summed E-state index contributed by atoms with van der Waals surface area (Å²) in [5.74, 6) is 0. The number of nitrogens with zero attached hydrogens (tertiary/aromatic N) is 2. The molecule has 8 bridgehead atoms. The molecule has 0 saturated heterocycles. The molecular formula is C52H38N4. The Morgan fingerprint density at radius 2 is 0.500 bits per heavy atom. The molecule has 0 spiro atoms. The van der Waals surface area contributed by atoms with Crippen LogP contribution < -0.4 is 0 Å². The monoisotopic (exact) mass is 718 g/mol. The van der Waals surface area contributed by atoms with Gasteiger partial charge in [0.05, 0.1) is 22.8 Å². The Balaban J connectivity index is 1.35. The lowest BCUT2D eigenvalue weighted by atomic mass is 10.1. The second kappa shape index (κ2) is 15.8. The highest BCUT2D eigenvalue weighted by atomic mass is 14.8. The fourth-order valence-electron chi connectivity index (χ4n) is 6.97. The fourth-order valence-corrected chi connectivity index (χ4v) is 6.97. The summed E-state index contributed by atoms with van der Waals surface area (Å²) in [5.41, 5.74) is 15.7. The smallest absolute Gasteiger partial charge is 0.0731 e. The highest BCUT2D eigenvalue weighted by Gasteiger charge is 2.14. The maximum atomic E-state index is 5.33. The summed E-state index contributed by atoms with van der Waals surface area (Å²) in [6.07, 6.45) is 25.7. The molecule has 4 nitrogen and oxygen atoms in total. The van der Waals surface area contributed by atoms with E-state index in [0.29, 0.717) is 0 Å². The largest absolute Gasteiger partial charge is 0.354 e. The van der Waals surface area contributed by atoms with E-state index < -0.39 is 0 Å². The molecule has 5 heterocycles. The predicted molar refractivity (Wildman–Crippen MR) is 240 cm³/mol. The van der Waals surface area contributed by atoms with Crippen LogP contribution in [0.15, 0.2) is 146 Å². The van der Waals surface area contributed by atoms with Crippen molar-refractivity contribution in [1.29, 1.82) is 0 Å². The molecule has 56 heavy (non-hydrogen) atoms. The number of hydrogen-bond acceptors (Lipinski definition) is 2. The lowest BCUT2D eigenvalue weighted by Gasteiger charge is -2.01. The molecule has 0 saturated carbocycles. The Labute approximate surface area is 326 Å². The first kappa shape index (κ1) is 34.2. The van der Waals surface area contributed by atoms with Crippen molar-refractivity contribution in [2.45, 2.75) is 0 Å². The first-order chi connectivity index (χ1) is 27.7. The van der Waals surface area contributed by atoms with Crippen LogP contribution in [0, 0.1) is 0 Å². The van der Waals surface area contributed by atoms with Crippen LogP contribution in [0.25, 0.3) is 95.0 Å². The van der Waals surface area contributed by atoms with E-state index in [1.54, 1.807) is 0 Å². The molecule has 3 aromatic heterocycles. The molecule has 0 unspecified atom stereocenters. The first-order valence-electron chi connectivity index (χ1n) is 18.8. The molecule has 2 aliphatic rings. The molecule has 0 aliphatic carbocycles. The van der Waals surface area contributed by atoms with Gasteiger partial charge in [0, 0.05) is 44.3 Å². The topological polar surface area (TPSA) is 57.4 Å². The average Bonchev–Trinajstić information content (AvgIpc) is 4.10. The van der Waals surface area contributed by atoms with Crippen LogP contribution in [-0.2, 0) is 0 Å². The average molecular weight is 719 g/mol. The third kappa shape index (κ3) is 7.58. The Morgan fingerprint density at radius 1 is 0.268 bits per heavy atom. The van der Waals surface area contributed by atoms with Crippen molar-refractivity contribution < 1.29 is 0 Å². The third-order valence-electron chi connectivity index (χ3n) is 9.88. The summed E-state index contributed by atoms with van der Waals surface area (Å²) in [6, 6.07) is 50.1. The number of aromatic nitrogens is 4. The summed E-state index contributed by atoms with van der Waals surface area (Å²) < 4.78 is 0. The number of fused-ring (bicyclic) bond motifs is 8. The maximum Gasteiger partial charge on any atom is 0.0731 e. The van der Waals surface area contributed by atoms with Crippen molar-refractivity contribution in [3.05, 3.63) is 213 Å². The standard InChI is InChI=1S/C52H38N4/c1-5-13-37(14-6-1)21-25-41-45-29-31-47(53-45)42(26-22-38-15-7-2-8-16-38)49-33-35-51(55-49)44(28-24-40-19-11-4-12-20-40)52-36-34-50(56-52)43(48-32-30-46(41)54-48)27-23-39-17-9-3-10-18-39/h1-36,53,56H.